The van der Waals surface area contributed by atoms with Crippen LogP contribution in [-0.2, 0) is 11.8 Å². The largest absolute Gasteiger partial charge is 0.310 e. The van der Waals surface area contributed by atoms with Gasteiger partial charge in [-0.2, -0.15) is 10.4 Å². The van der Waals surface area contributed by atoms with Crippen LogP contribution in [0.4, 0.5) is 5.82 Å². The first kappa shape index (κ1) is 23.2. The molecule has 1 aliphatic rings. The van der Waals surface area contributed by atoms with Crippen LogP contribution in [0.5, 0.6) is 0 Å². The number of hydrogen-bond acceptors (Lipinski definition) is 5. The number of imide groups is 1. The fraction of sp³-hybridized carbons (Fsp3) is 0.458. The van der Waals surface area contributed by atoms with E-state index in [9.17, 15) is 14.4 Å². The summed E-state index contributed by atoms with van der Waals surface area (Å²) in [6.45, 7) is 0.478. The Labute approximate surface area is 188 Å². The Kier molecular flexibility index (Phi) is 8.14. The molecule has 0 atom stereocenters. The molecule has 1 aromatic heterocycles. The maximum Gasteiger partial charge on any atom is 0.261 e. The number of carbonyl (C=O) groups excluding carboxylic acids is 3. The summed E-state index contributed by atoms with van der Waals surface area (Å²) in [4.78, 5) is 38.0. The fourth-order valence-electron chi connectivity index (χ4n) is 3.92. The molecule has 8 nitrogen and oxygen atoms in total. The zero-order chi connectivity index (χ0) is 22.9. The summed E-state index contributed by atoms with van der Waals surface area (Å²) >= 11 is 0. The minimum Gasteiger partial charge on any atom is -0.310 e. The fourth-order valence-corrected chi connectivity index (χ4v) is 3.92. The summed E-state index contributed by atoms with van der Waals surface area (Å²) in [5.74, 6) is -0.0132. The molecule has 1 N–H and O–H groups in total. The lowest BCUT2D eigenvalue weighted by molar-refractivity contribution is -0.116. The second kappa shape index (κ2) is 11.2. The Hall–Kier alpha value is -3.47. The van der Waals surface area contributed by atoms with Crippen LogP contribution in [-0.4, -0.2) is 38.9 Å². The van der Waals surface area contributed by atoms with Gasteiger partial charge in [-0.25, -0.2) is 0 Å². The van der Waals surface area contributed by atoms with Crippen LogP contribution in [0.1, 0.15) is 84.1 Å². The summed E-state index contributed by atoms with van der Waals surface area (Å²) in [7, 11) is 1.69. The quantitative estimate of drug-likeness (QED) is 0.400. The molecule has 1 aliphatic heterocycles. The molecule has 168 valence electrons. The van der Waals surface area contributed by atoms with Crippen molar-refractivity contribution in [2.45, 2.75) is 57.8 Å². The molecule has 3 amide bonds. The monoisotopic (exact) mass is 435 g/mol. The van der Waals surface area contributed by atoms with Gasteiger partial charge in [0.25, 0.3) is 11.8 Å². The minimum absolute atomic E-state index is 0.0988. The van der Waals surface area contributed by atoms with Gasteiger partial charge in [-0.1, -0.05) is 50.7 Å². The Bertz CT molecular complexity index is 986. The number of fused-ring (bicyclic) bond motifs is 1. The topological polar surface area (TPSA) is 108 Å². The Morgan fingerprint density at radius 3 is 2.12 bits per heavy atom. The maximum atomic E-state index is 12.3. The predicted molar refractivity (Wildman–Crippen MR) is 120 cm³/mol. The standard InChI is InChI=1S/C24H29N5O3/c1-28-22(18(16-25)17-26-28)27-21(30)14-8-6-4-2-3-5-7-11-15-29-23(31)19-12-9-10-13-20(19)24(29)32/h9-10,12-13,17H,2-8,11,14-15H2,1H3,(H,27,30). The zero-order valence-corrected chi connectivity index (χ0v) is 18.5. The number of rotatable bonds is 12. The van der Waals surface area contributed by atoms with E-state index in [1.807, 2.05) is 6.07 Å². The van der Waals surface area contributed by atoms with Gasteiger partial charge in [-0.15, -0.1) is 0 Å². The molecule has 0 aliphatic carbocycles. The predicted octanol–water partition coefficient (Wildman–Crippen LogP) is 4.04. The van der Waals surface area contributed by atoms with E-state index in [0.29, 0.717) is 35.5 Å². The van der Waals surface area contributed by atoms with Gasteiger partial charge in [0.2, 0.25) is 5.91 Å². The summed E-state index contributed by atoms with van der Waals surface area (Å²) in [5, 5.41) is 15.8. The number of anilines is 1. The van der Waals surface area contributed by atoms with E-state index >= 15 is 0 Å². The number of amides is 3. The van der Waals surface area contributed by atoms with Crippen molar-refractivity contribution in [1.29, 1.82) is 5.26 Å². The number of nitrogens with one attached hydrogen (secondary N) is 1. The van der Waals surface area contributed by atoms with E-state index in [0.717, 1.165) is 51.4 Å². The van der Waals surface area contributed by atoms with Gasteiger partial charge in [0, 0.05) is 20.0 Å². The lowest BCUT2D eigenvalue weighted by atomic mass is 10.1. The number of benzene rings is 1. The molecule has 0 unspecified atom stereocenters. The second-order valence-corrected chi connectivity index (χ2v) is 8.08. The van der Waals surface area contributed by atoms with Crippen molar-refractivity contribution in [3.8, 4) is 6.07 Å². The number of hydrogen-bond donors (Lipinski definition) is 1. The van der Waals surface area contributed by atoms with Crippen LogP contribution >= 0.6 is 0 Å². The molecule has 1 aromatic carbocycles. The summed E-state index contributed by atoms with van der Waals surface area (Å²) in [6, 6.07) is 9.00. The average molecular weight is 436 g/mol. The number of unbranched alkanes of at least 4 members (excludes halogenated alkanes) is 7. The van der Waals surface area contributed by atoms with Gasteiger partial charge < -0.3 is 5.32 Å². The molecule has 0 radical (unpaired) electrons. The van der Waals surface area contributed by atoms with Crippen molar-refractivity contribution in [1.82, 2.24) is 14.7 Å². The SMILES string of the molecule is Cn1ncc(C#N)c1NC(=O)CCCCCCCCCCN1C(=O)c2ccccc2C1=O. The van der Waals surface area contributed by atoms with Crippen molar-refractivity contribution in [2.24, 2.45) is 7.05 Å². The third-order valence-electron chi connectivity index (χ3n) is 5.73. The second-order valence-electron chi connectivity index (χ2n) is 8.08. The number of nitriles is 1. The van der Waals surface area contributed by atoms with Crippen LogP contribution < -0.4 is 5.32 Å². The molecule has 0 fully saturated rings. The molecule has 3 rings (SSSR count). The molecular formula is C24H29N5O3. The van der Waals surface area contributed by atoms with Crippen molar-refractivity contribution >= 4 is 23.5 Å². The lowest BCUT2D eigenvalue weighted by Crippen LogP contribution is -2.30. The van der Waals surface area contributed by atoms with Gasteiger partial charge >= 0.3 is 0 Å². The average Bonchev–Trinajstić information content (AvgIpc) is 3.26. The highest BCUT2D eigenvalue weighted by atomic mass is 16.2. The van der Waals surface area contributed by atoms with E-state index in [1.54, 1.807) is 31.3 Å². The highest BCUT2D eigenvalue weighted by Gasteiger charge is 2.34. The van der Waals surface area contributed by atoms with Crippen LogP contribution in [0.3, 0.4) is 0 Å². The first-order valence-electron chi connectivity index (χ1n) is 11.2. The molecule has 32 heavy (non-hydrogen) atoms. The molecule has 8 heteroatoms. The van der Waals surface area contributed by atoms with Crippen LogP contribution in [0.15, 0.2) is 30.5 Å². The molecule has 2 heterocycles. The Balaban J connectivity index is 1.21. The van der Waals surface area contributed by atoms with Crippen molar-refractivity contribution < 1.29 is 14.4 Å². The number of aryl methyl sites for hydroxylation is 1. The summed E-state index contributed by atoms with van der Waals surface area (Å²) < 4.78 is 1.49. The maximum absolute atomic E-state index is 12.3. The van der Waals surface area contributed by atoms with E-state index < -0.39 is 0 Å². The molecule has 0 spiro atoms. The highest BCUT2D eigenvalue weighted by molar-refractivity contribution is 6.21. The number of carbonyl (C=O) groups is 3. The zero-order valence-electron chi connectivity index (χ0n) is 18.5. The van der Waals surface area contributed by atoms with E-state index in [-0.39, 0.29) is 17.7 Å². The summed E-state index contributed by atoms with van der Waals surface area (Å²) in [6.07, 6.45) is 9.83. The molecule has 2 aromatic rings. The van der Waals surface area contributed by atoms with Crippen LogP contribution in [0.25, 0.3) is 0 Å². The molecule has 0 saturated heterocycles. The van der Waals surface area contributed by atoms with Gasteiger partial charge in [-0.05, 0) is 25.0 Å². The number of nitrogens with zero attached hydrogens (tertiary/aromatic N) is 4. The minimum atomic E-state index is -0.179. The van der Waals surface area contributed by atoms with E-state index in [2.05, 4.69) is 10.4 Å². The first-order chi connectivity index (χ1) is 15.5. The van der Waals surface area contributed by atoms with Crippen molar-refractivity contribution in [3.63, 3.8) is 0 Å². The van der Waals surface area contributed by atoms with Gasteiger partial charge in [0.15, 0.2) is 0 Å². The number of aromatic nitrogens is 2. The lowest BCUT2D eigenvalue weighted by Gasteiger charge is -2.13. The molecule has 0 bridgehead atoms. The first-order valence-corrected chi connectivity index (χ1v) is 11.2. The Morgan fingerprint density at radius 1 is 0.969 bits per heavy atom. The van der Waals surface area contributed by atoms with Crippen molar-refractivity contribution in [3.05, 3.63) is 47.2 Å². The summed E-state index contributed by atoms with van der Waals surface area (Å²) in [5.41, 5.74) is 1.39. The Morgan fingerprint density at radius 2 is 1.53 bits per heavy atom. The normalized spacial score (nSPS) is 12.7. The molecular weight excluding hydrogens is 406 g/mol. The third kappa shape index (κ3) is 5.61. The van der Waals surface area contributed by atoms with Crippen LogP contribution in [0.2, 0.25) is 0 Å². The van der Waals surface area contributed by atoms with Crippen LogP contribution in [0, 0.1) is 11.3 Å². The third-order valence-corrected chi connectivity index (χ3v) is 5.73. The smallest absolute Gasteiger partial charge is 0.261 e. The van der Waals surface area contributed by atoms with Gasteiger partial charge in [0.05, 0.1) is 17.3 Å². The highest BCUT2D eigenvalue weighted by Crippen LogP contribution is 2.23. The molecule has 0 saturated carbocycles. The van der Waals surface area contributed by atoms with E-state index in [1.165, 1.54) is 15.8 Å². The van der Waals surface area contributed by atoms with Gasteiger partial charge in [-0.3, -0.25) is 24.0 Å². The van der Waals surface area contributed by atoms with Crippen molar-refractivity contribution in [2.75, 3.05) is 11.9 Å². The van der Waals surface area contributed by atoms with E-state index in [4.69, 9.17) is 5.26 Å². The van der Waals surface area contributed by atoms with Gasteiger partial charge in [0.1, 0.15) is 17.5 Å².